The van der Waals surface area contributed by atoms with Crippen molar-refractivity contribution in [1.82, 2.24) is 19.7 Å². The van der Waals surface area contributed by atoms with Crippen LogP contribution in [0.25, 0.3) is 16.7 Å². The molecule has 2 heterocycles. The molecule has 0 atom stereocenters. The standard InChI is InChI=1S/C25H20N6O3/c1-14-11-17(34-16-6-4-5-15(12-16)24(27)33)9-10-21(14)31-23(26)18(13-28-31)22(32)25-29-19-7-2-3-8-20(19)30-25/h2-13H,26H2,1H3,(H2,27,33)(H,29,30). The second-order valence-corrected chi connectivity index (χ2v) is 7.73. The second kappa shape index (κ2) is 8.21. The van der Waals surface area contributed by atoms with E-state index < -0.39 is 5.91 Å². The quantitative estimate of drug-likeness (QED) is 0.335. The molecule has 34 heavy (non-hydrogen) atoms. The summed E-state index contributed by atoms with van der Waals surface area (Å²) in [4.78, 5) is 31.8. The van der Waals surface area contributed by atoms with Gasteiger partial charge in [0, 0.05) is 5.56 Å². The average Bonchev–Trinajstić information content (AvgIpc) is 3.43. The summed E-state index contributed by atoms with van der Waals surface area (Å²) in [6.45, 7) is 1.88. The fourth-order valence-corrected chi connectivity index (χ4v) is 3.69. The van der Waals surface area contributed by atoms with Gasteiger partial charge in [0.2, 0.25) is 11.7 Å². The zero-order valence-electron chi connectivity index (χ0n) is 18.1. The number of hydrogen-bond donors (Lipinski definition) is 3. The minimum absolute atomic E-state index is 0.200. The molecule has 0 saturated carbocycles. The zero-order chi connectivity index (χ0) is 23.8. The van der Waals surface area contributed by atoms with Gasteiger partial charge in [-0.1, -0.05) is 18.2 Å². The van der Waals surface area contributed by atoms with Gasteiger partial charge in [0.05, 0.1) is 28.5 Å². The van der Waals surface area contributed by atoms with Crippen LogP contribution in [0.4, 0.5) is 5.82 Å². The van der Waals surface area contributed by atoms with Crippen molar-refractivity contribution in [2.24, 2.45) is 5.73 Å². The molecule has 0 spiro atoms. The lowest BCUT2D eigenvalue weighted by Crippen LogP contribution is -2.10. The van der Waals surface area contributed by atoms with Crippen molar-refractivity contribution in [3.05, 3.63) is 95.4 Å². The van der Waals surface area contributed by atoms with Crippen LogP contribution >= 0.6 is 0 Å². The lowest BCUT2D eigenvalue weighted by molar-refractivity contribution is 0.0998. The maximum Gasteiger partial charge on any atom is 0.248 e. The highest BCUT2D eigenvalue weighted by Gasteiger charge is 2.21. The fourth-order valence-electron chi connectivity index (χ4n) is 3.69. The van der Waals surface area contributed by atoms with Crippen LogP contribution in [0.2, 0.25) is 0 Å². The van der Waals surface area contributed by atoms with E-state index in [2.05, 4.69) is 15.1 Å². The molecule has 0 bridgehead atoms. The Kier molecular flexibility index (Phi) is 5.06. The topological polar surface area (TPSA) is 142 Å². The number of hydrogen-bond acceptors (Lipinski definition) is 6. The van der Waals surface area contributed by atoms with Gasteiger partial charge in [-0.05, 0) is 61.0 Å². The fraction of sp³-hybridized carbons (Fsp3) is 0.0400. The number of nitrogen functional groups attached to an aromatic ring is 1. The Bertz CT molecular complexity index is 1530. The summed E-state index contributed by atoms with van der Waals surface area (Å²) in [5.41, 5.74) is 15.2. The monoisotopic (exact) mass is 452 g/mol. The first-order valence-electron chi connectivity index (χ1n) is 10.4. The molecule has 5 aromatic rings. The molecule has 0 aliphatic carbocycles. The van der Waals surface area contributed by atoms with E-state index >= 15 is 0 Å². The molecule has 5 N–H and O–H groups in total. The van der Waals surface area contributed by atoms with E-state index in [0.29, 0.717) is 28.3 Å². The number of carbonyl (C=O) groups excluding carboxylic acids is 2. The lowest BCUT2D eigenvalue weighted by Gasteiger charge is -2.12. The van der Waals surface area contributed by atoms with E-state index in [-0.39, 0.29) is 23.0 Å². The van der Waals surface area contributed by atoms with E-state index in [1.807, 2.05) is 37.3 Å². The van der Waals surface area contributed by atoms with Crippen molar-refractivity contribution in [2.75, 3.05) is 5.73 Å². The molecule has 9 nitrogen and oxygen atoms in total. The van der Waals surface area contributed by atoms with Crippen molar-refractivity contribution < 1.29 is 14.3 Å². The molecule has 2 aromatic heterocycles. The summed E-state index contributed by atoms with van der Waals surface area (Å²) in [6, 6.07) is 19.4. The Morgan fingerprint density at radius 1 is 1.00 bits per heavy atom. The number of ketones is 1. The molecule has 0 fully saturated rings. The first-order chi connectivity index (χ1) is 16.4. The predicted molar refractivity (Wildman–Crippen MR) is 127 cm³/mol. The van der Waals surface area contributed by atoms with Crippen molar-refractivity contribution in [2.45, 2.75) is 6.92 Å². The normalized spacial score (nSPS) is 11.0. The van der Waals surface area contributed by atoms with Crippen molar-refractivity contribution >= 4 is 28.5 Å². The number of primary amides is 1. The van der Waals surface area contributed by atoms with E-state index in [0.717, 1.165) is 11.1 Å². The number of fused-ring (bicyclic) bond motifs is 1. The third-order valence-electron chi connectivity index (χ3n) is 5.41. The molecule has 0 unspecified atom stereocenters. The van der Waals surface area contributed by atoms with Gasteiger partial charge in [-0.2, -0.15) is 5.10 Å². The number of benzene rings is 3. The minimum Gasteiger partial charge on any atom is -0.457 e. The number of nitrogens with two attached hydrogens (primary N) is 2. The van der Waals surface area contributed by atoms with Gasteiger partial charge < -0.3 is 21.2 Å². The highest BCUT2D eigenvalue weighted by atomic mass is 16.5. The van der Waals surface area contributed by atoms with Crippen LogP contribution in [0, 0.1) is 6.92 Å². The summed E-state index contributed by atoms with van der Waals surface area (Å²) in [5.74, 6) is 0.585. The van der Waals surface area contributed by atoms with Crippen LogP contribution < -0.4 is 16.2 Å². The molecular weight excluding hydrogens is 432 g/mol. The number of ether oxygens (including phenoxy) is 1. The smallest absolute Gasteiger partial charge is 0.248 e. The van der Waals surface area contributed by atoms with Gasteiger partial charge >= 0.3 is 0 Å². The number of anilines is 1. The van der Waals surface area contributed by atoms with E-state index in [1.165, 1.54) is 10.9 Å². The second-order valence-electron chi connectivity index (χ2n) is 7.73. The highest BCUT2D eigenvalue weighted by Crippen LogP contribution is 2.28. The predicted octanol–water partition coefficient (Wildman–Crippen LogP) is 3.76. The number of aryl methyl sites for hydroxylation is 1. The SMILES string of the molecule is Cc1cc(Oc2cccc(C(N)=O)c2)ccc1-n1ncc(C(=O)c2nc3ccccc3[nH]2)c1N. The van der Waals surface area contributed by atoms with Crippen LogP contribution in [-0.4, -0.2) is 31.4 Å². The maximum atomic E-state index is 13.0. The minimum atomic E-state index is -0.529. The zero-order valence-corrected chi connectivity index (χ0v) is 18.1. The van der Waals surface area contributed by atoms with Crippen molar-refractivity contribution in [3.63, 3.8) is 0 Å². The van der Waals surface area contributed by atoms with Crippen LogP contribution in [0.15, 0.2) is 72.9 Å². The molecular formula is C25H20N6O3. The number of carbonyl (C=O) groups is 2. The van der Waals surface area contributed by atoms with Gasteiger partial charge in [0.25, 0.3) is 0 Å². The van der Waals surface area contributed by atoms with Gasteiger partial charge in [-0.25, -0.2) is 9.67 Å². The van der Waals surface area contributed by atoms with Gasteiger partial charge in [0.1, 0.15) is 17.3 Å². The number of nitrogens with one attached hydrogen (secondary N) is 1. The molecule has 3 aromatic carbocycles. The molecule has 9 heteroatoms. The number of aromatic nitrogens is 4. The Labute approximate surface area is 194 Å². The van der Waals surface area contributed by atoms with Crippen molar-refractivity contribution in [3.8, 4) is 17.2 Å². The van der Waals surface area contributed by atoms with Crippen LogP contribution in [0.5, 0.6) is 11.5 Å². The Balaban J connectivity index is 1.42. The first kappa shape index (κ1) is 21.0. The van der Waals surface area contributed by atoms with Crippen LogP contribution in [-0.2, 0) is 0 Å². The Morgan fingerprint density at radius 3 is 2.56 bits per heavy atom. The van der Waals surface area contributed by atoms with Crippen LogP contribution in [0.3, 0.4) is 0 Å². The number of amides is 1. The number of H-pyrrole nitrogens is 1. The lowest BCUT2D eigenvalue weighted by atomic mass is 10.1. The number of para-hydroxylation sites is 2. The Hall–Kier alpha value is -4.92. The first-order valence-corrected chi connectivity index (χ1v) is 10.4. The summed E-state index contributed by atoms with van der Waals surface area (Å²) in [6.07, 6.45) is 1.43. The maximum absolute atomic E-state index is 13.0. The Morgan fingerprint density at radius 2 is 1.79 bits per heavy atom. The molecule has 168 valence electrons. The molecule has 5 rings (SSSR count). The molecule has 1 amide bonds. The van der Waals surface area contributed by atoms with Crippen molar-refractivity contribution in [1.29, 1.82) is 0 Å². The summed E-state index contributed by atoms with van der Waals surface area (Å²) < 4.78 is 7.37. The molecule has 0 saturated heterocycles. The molecule has 0 aliphatic heterocycles. The van der Waals surface area contributed by atoms with Gasteiger partial charge in [-0.3, -0.25) is 9.59 Å². The third kappa shape index (κ3) is 3.75. The number of imidazole rings is 1. The van der Waals surface area contributed by atoms with E-state index in [4.69, 9.17) is 16.2 Å². The van der Waals surface area contributed by atoms with Gasteiger partial charge in [-0.15, -0.1) is 0 Å². The van der Waals surface area contributed by atoms with Crippen LogP contribution in [0.1, 0.15) is 32.1 Å². The largest absolute Gasteiger partial charge is 0.457 e. The third-order valence-corrected chi connectivity index (χ3v) is 5.41. The number of aromatic amines is 1. The summed E-state index contributed by atoms with van der Waals surface area (Å²) >= 11 is 0. The van der Waals surface area contributed by atoms with Gasteiger partial charge in [0.15, 0.2) is 5.82 Å². The summed E-state index contributed by atoms with van der Waals surface area (Å²) in [7, 11) is 0. The molecule has 0 aliphatic rings. The average molecular weight is 452 g/mol. The van der Waals surface area contributed by atoms with E-state index in [9.17, 15) is 9.59 Å². The van der Waals surface area contributed by atoms with E-state index in [1.54, 1.807) is 36.4 Å². The number of rotatable bonds is 6. The number of nitrogens with zero attached hydrogens (tertiary/aromatic N) is 3. The molecule has 0 radical (unpaired) electrons. The summed E-state index contributed by atoms with van der Waals surface area (Å²) in [5, 5.41) is 4.33. The highest BCUT2D eigenvalue weighted by molar-refractivity contribution is 6.10.